The molecule has 6 rings (SSSR count). The standard InChI is InChI=1S/C32H31N5O5S/c1-40-25-17-23(18-26(20-25)41-2)33-31-32(35-29-14-7-6-13-28(29)34-31)36-43(38,39)27-12-8-11-24(19-27)37-15-16-42-30(21-37)22-9-4-3-5-10-22/h3-14,17-20,30H,15-16,21H2,1-2H3,(H,33,34)(H,35,36). The van der Waals surface area contributed by atoms with Gasteiger partial charge in [-0.1, -0.05) is 48.5 Å². The van der Waals surface area contributed by atoms with Crippen LogP contribution >= 0.6 is 0 Å². The first-order valence-electron chi connectivity index (χ1n) is 13.7. The van der Waals surface area contributed by atoms with Gasteiger partial charge in [-0.15, -0.1) is 0 Å². The van der Waals surface area contributed by atoms with Crippen LogP contribution in [0.25, 0.3) is 11.0 Å². The van der Waals surface area contributed by atoms with Crippen molar-refractivity contribution in [2.45, 2.75) is 11.0 Å². The number of fused-ring (bicyclic) bond motifs is 1. The lowest BCUT2D eigenvalue weighted by Crippen LogP contribution is -2.38. The maximum absolute atomic E-state index is 13.8. The van der Waals surface area contributed by atoms with E-state index in [1.54, 1.807) is 56.7 Å². The van der Waals surface area contributed by atoms with Gasteiger partial charge in [0.25, 0.3) is 10.0 Å². The molecular weight excluding hydrogens is 566 g/mol. The highest BCUT2D eigenvalue weighted by Gasteiger charge is 2.24. The lowest BCUT2D eigenvalue weighted by Gasteiger charge is -2.35. The molecule has 5 aromatic rings. The summed E-state index contributed by atoms with van der Waals surface area (Å²) in [6.07, 6.45) is -0.106. The number of nitrogens with zero attached hydrogens (tertiary/aromatic N) is 3. The van der Waals surface area contributed by atoms with E-state index in [1.165, 1.54) is 0 Å². The summed E-state index contributed by atoms with van der Waals surface area (Å²) in [6, 6.07) is 29.4. The minimum absolute atomic E-state index is 0.0569. The molecule has 1 aromatic heterocycles. The highest BCUT2D eigenvalue weighted by Crippen LogP contribution is 2.32. The first-order valence-corrected chi connectivity index (χ1v) is 15.2. The summed E-state index contributed by atoms with van der Waals surface area (Å²) in [5.41, 5.74) is 3.61. The summed E-state index contributed by atoms with van der Waals surface area (Å²) < 4.78 is 47.0. The molecular formula is C32H31N5O5S. The lowest BCUT2D eigenvalue weighted by molar-refractivity contribution is 0.0398. The third kappa shape index (κ3) is 6.32. The zero-order valence-corrected chi connectivity index (χ0v) is 24.5. The van der Waals surface area contributed by atoms with E-state index in [4.69, 9.17) is 14.2 Å². The van der Waals surface area contributed by atoms with Gasteiger partial charge in [-0.2, -0.15) is 0 Å². The number of morpholine rings is 1. The molecule has 2 heterocycles. The molecule has 4 aromatic carbocycles. The number of rotatable bonds is 9. The van der Waals surface area contributed by atoms with Crippen LogP contribution < -0.4 is 24.4 Å². The number of sulfonamides is 1. The fraction of sp³-hybridized carbons (Fsp3) is 0.188. The maximum Gasteiger partial charge on any atom is 0.263 e. The molecule has 0 aliphatic carbocycles. The summed E-state index contributed by atoms with van der Waals surface area (Å²) >= 11 is 0. The molecule has 0 amide bonds. The Labute approximate surface area is 250 Å². The van der Waals surface area contributed by atoms with Crippen molar-refractivity contribution in [1.82, 2.24) is 9.97 Å². The van der Waals surface area contributed by atoms with Gasteiger partial charge in [0.15, 0.2) is 11.6 Å². The smallest absolute Gasteiger partial charge is 0.263 e. The van der Waals surface area contributed by atoms with Crippen LogP contribution in [0, 0.1) is 0 Å². The van der Waals surface area contributed by atoms with Crippen LogP contribution in [-0.2, 0) is 14.8 Å². The number of anilines is 4. The third-order valence-electron chi connectivity index (χ3n) is 7.15. The number of methoxy groups -OCH3 is 2. The zero-order valence-electron chi connectivity index (χ0n) is 23.7. The van der Waals surface area contributed by atoms with E-state index in [2.05, 4.69) is 24.9 Å². The van der Waals surface area contributed by atoms with Crippen LogP contribution in [0.1, 0.15) is 11.7 Å². The molecule has 0 spiro atoms. The number of para-hydroxylation sites is 2. The van der Waals surface area contributed by atoms with Crippen molar-refractivity contribution in [1.29, 1.82) is 0 Å². The average Bonchev–Trinajstić information content (AvgIpc) is 3.05. The third-order valence-corrected chi connectivity index (χ3v) is 8.48. The van der Waals surface area contributed by atoms with E-state index in [0.29, 0.717) is 47.9 Å². The Kier molecular flexibility index (Phi) is 7.99. The summed E-state index contributed by atoms with van der Waals surface area (Å²) in [6.45, 7) is 1.79. The Morgan fingerprint density at radius 3 is 2.19 bits per heavy atom. The molecule has 43 heavy (non-hydrogen) atoms. The van der Waals surface area contributed by atoms with Crippen molar-refractivity contribution in [2.75, 3.05) is 48.9 Å². The molecule has 1 aliphatic rings. The second-order valence-corrected chi connectivity index (χ2v) is 11.6. The molecule has 0 saturated carbocycles. The van der Waals surface area contributed by atoms with Crippen LogP contribution in [0.15, 0.2) is 102 Å². The first-order chi connectivity index (χ1) is 20.9. The van der Waals surface area contributed by atoms with E-state index in [-0.39, 0.29) is 22.6 Å². The molecule has 2 N–H and O–H groups in total. The zero-order chi connectivity index (χ0) is 29.8. The molecule has 1 atom stereocenters. The quantitative estimate of drug-likeness (QED) is 0.219. The molecule has 220 valence electrons. The maximum atomic E-state index is 13.8. The summed E-state index contributed by atoms with van der Waals surface area (Å²) in [4.78, 5) is 11.5. The number of benzene rings is 4. The number of nitrogens with one attached hydrogen (secondary N) is 2. The topological polar surface area (TPSA) is 115 Å². The van der Waals surface area contributed by atoms with Gasteiger partial charge in [0, 0.05) is 42.7 Å². The predicted molar refractivity (Wildman–Crippen MR) is 167 cm³/mol. The Balaban J connectivity index is 1.31. The Hall–Kier alpha value is -4.87. The normalized spacial score (nSPS) is 15.2. The molecule has 1 unspecified atom stereocenters. The number of ether oxygens (including phenoxy) is 3. The predicted octanol–water partition coefficient (Wildman–Crippen LogP) is 5.77. The molecule has 1 aliphatic heterocycles. The van der Waals surface area contributed by atoms with Crippen LogP contribution in [0.5, 0.6) is 11.5 Å². The van der Waals surface area contributed by atoms with E-state index in [1.807, 2.05) is 54.6 Å². The van der Waals surface area contributed by atoms with Gasteiger partial charge in [-0.25, -0.2) is 18.4 Å². The second-order valence-electron chi connectivity index (χ2n) is 9.95. The van der Waals surface area contributed by atoms with Gasteiger partial charge < -0.3 is 24.4 Å². The largest absolute Gasteiger partial charge is 0.497 e. The van der Waals surface area contributed by atoms with Crippen LogP contribution in [0.2, 0.25) is 0 Å². The SMILES string of the molecule is COc1cc(Nc2nc3ccccc3nc2NS(=O)(=O)c2cccc(N3CCOC(c4ccccc4)C3)c2)cc(OC)c1. The molecule has 10 nitrogen and oxygen atoms in total. The summed E-state index contributed by atoms with van der Waals surface area (Å²) in [7, 11) is -0.936. The number of hydrogen-bond donors (Lipinski definition) is 2. The van der Waals surface area contributed by atoms with Crippen LogP contribution in [0.3, 0.4) is 0 Å². The van der Waals surface area contributed by atoms with E-state index >= 15 is 0 Å². The molecule has 0 radical (unpaired) electrons. The highest BCUT2D eigenvalue weighted by molar-refractivity contribution is 7.92. The van der Waals surface area contributed by atoms with Crippen molar-refractivity contribution in [2.24, 2.45) is 0 Å². The lowest BCUT2D eigenvalue weighted by atomic mass is 10.1. The van der Waals surface area contributed by atoms with Crippen molar-refractivity contribution in [3.05, 3.63) is 103 Å². The van der Waals surface area contributed by atoms with Gasteiger partial charge in [-0.05, 0) is 35.9 Å². The highest BCUT2D eigenvalue weighted by atomic mass is 32.2. The summed E-state index contributed by atoms with van der Waals surface area (Å²) in [5, 5.41) is 3.19. The van der Waals surface area contributed by atoms with E-state index < -0.39 is 10.0 Å². The fourth-order valence-electron chi connectivity index (χ4n) is 4.96. The molecule has 1 saturated heterocycles. The summed E-state index contributed by atoms with van der Waals surface area (Å²) in [5.74, 6) is 1.41. The fourth-order valence-corrected chi connectivity index (χ4v) is 6.01. The van der Waals surface area contributed by atoms with Gasteiger partial charge in [-0.3, -0.25) is 4.72 Å². The Bertz CT molecular complexity index is 1830. The first kappa shape index (κ1) is 28.3. The van der Waals surface area contributed by atoms with Gasteiger partial charge in [0.05, 0.1) is 36.8 Å². The van der Waals surface area contributed by atoms with Crippen LogP contribution in [-0.4, -0.2) is 52.3 Å². The molecule has 11 heteroatoms. The Morgan fingerprint density at radius 2 is 1.49 bits per heavy atom. The van der Waals surface area contributed by atoms with Crippen molar-refractivity contribution >= 4 is 44.1 Å². The van der Waals surface area contributed by atoms with Crippen LogP contribution in [0.4, 0.5) is 23.0 Å². The minimum atomic E-state index is -4.05. The van der Waals surface area contributed by atoms with Gasteiger partial charge >= 0.3 is 0 Å². The van der Waals surface area contributed by atoms with E-state index in [0.717, 1.165) is 11.3 Å². The molecule has 1 fully saturated rings. The van der Waals surface area contributed by atoms with Gasteiger partial charge in [0.2, 0.25) is 0 Å². The Morgan fingerprint density at radius 1 is 0.814 bits per heavy atom. The van der Waals surface area contributed by atoms with Gasteiger partial charge in [0.1, 0.15) is 17.6 Å². The molecule has 0 bridgehead atoms. The van der Waals surface area contributed by atoms with E-state index in [9.17, 15) is 8.42 Å². The van der Waals surface area contributed by atoms with Crippen molar-refractivity contribution in [3.8, 4) is 11.5 Å². The number of hydrogen-bond acceptors (Lipinski definition) is 9. The van der Waals surface area contributed by atoms with Crippen molar-refractivity contribution < 1.29 is 22.6 Å². The second kappa shape index (κ2) is 12.2. The minimum Gasteiger partial charge on any atom is -0.497 e. The van der Waals surface area contributed by atoms with Crippen molar-refractivity contribution in [3.63, 3.8) is 0 Å². The number of aromatic nitrogens is 2. The average molecular weight is 598 g/mol. The monoisotopic (exact) mass is 597 g/mol.